The van der Waals surface area contributed by atoms with Crippen LogP contribution in [0.25, 0.3) is 0 Å². The van der Waals surface area contributed by atoms with Gasteiger partial charge in [-0.3, -0.25) is 4.79 Å². The van der Waals surface area contributed by atoms with E-state index in [0.29, 0.717) is 18.4 Å². The molecule has 1 fully saturated rings. The van der Waals surface area contributed by atoms with E-state index in [9.17, 15) is 9.59 Å². The highest BCUT2D eigenvalue weighted by Crippen LogP contribution is 2.30. The maximum Gasteiger partial charge on any atom is 0.317 e. The van der Waals surface area contributed by atoms with Crippen LogP contribution in [0.15, 0.2) is 0 Å². The molecule has 1 saturated carbocycles. The Labute approximate surface area is 128 Å². The summed E-state index contributed by atoms with van der Waals surface area (Å²) in [4.78, 5) is 24.9. The van der Waals surface area contributed by atoms with Gasteiger partial charge >= 0.3 is 12.0 Å². The van der Waals surface area contributed by atoms with Crippen molar-refractivity contribution in [2.24, 2.45) is 17.8 Å². The Morgan fingerprint density at radius 3 is 2.38 bits per heavy atom. The number of nitrogens with zero attached hydrogens (tertiary/aromatic N) is 1. The number of amides is 2. The Kier molecular flexibility index (Phi) is 6.99. The SMILES string of the molecule is CCN(CC(C)C(=O)O)C(=O)NC1CCCCC1C(C)C. The number of rotatable bonds is 6. The van der Waals surface area contributed by atoms with Crippen molar-refractivity contribution in [3.63, 3.8) is 0 Å². The van der Waals surface area contributed by atoms with Gasteiger partial charge in [-0.1, -0.05) is 33.6 Å². The maximum atomic E-state index is 12.4. The van der Waals surface area contributed by atoms with Crippen molar-refractivity contribution in [3.8, 4) is 0 Å². The van der Waals surface area contributed by atoms with Crippen LogP contribution >= 0.6 is 0 Å². The molecule has 0 heterocycles. The molecule has 5 heteroatoms. The van der Waals surface area contributed by atoms with Crippen LogP contribution in [0.1, 0.15) is 53.4 Å². The fourth-order valence-electron chi connectivity index (χ4n) is 3.15. The van der Waals surface area contributed by atoms with Crippen LogP contribution in [0.2, 0.25) is 0 Å². The van der Waals surface area contributed by atoms with Gasteiger partial charge < -0.3 is 15.3 Å². The molecule has 0 aromatic rings. The molecule has 0 aliphatic heterocycles. The normalized spacial score (nSPS) is 23.7. The fraction of sp³-hybridized carbons (Fsp3) is 0.875. The second-order valence-electron chi connectivity index (χ2n) is 6.53. The lowest BCUT2D eigenvalue weighted by Crippen LogP contribution is -2.50. The quantitative estimate of drug-likeness (QED) is 0.792. The number of urea groups is 1. The molecule has 5 nitrogen and oxygen atoms in total. The lowest BCUT2D eigenvalue weighted by molar-refractivity contribution is -0.141. The van der Waals surface area contributed by atoms with Gasteiger partial charge in [-0.2, -0.15) is 0 Å². The molecule has 2 N–H and O–H groups in total. The predicted octanol–water partition coefficient (Wildman–Crippen LogP) is 2.95. The Bertz CT molecular complexity index is 357. The summed E-state index contributed by atoms with van der Waals surface area (Å²) in [5.74, 6) is -0.316. The van der Waals surface area contributed by atoms with Crippen LogP contribution in [-0.4, -0.2) is 41.1 Å². The first kappa shape index (κ1) is 17.8. The first-order valence-corrected chi connectivity index (χ1v) is 8.15. The summed E-state index contributed by atoms with van der Waals surface area (Å²) < 4.78 is 0. The van der Waals surface area contributed by atoms with E-state index in [1.165, 1.54) is 12.8 Å². The van der Waals surface area contributed by atoms with Crippen LogP contribution in [0.4, 0.5) is 4.79 Å². The smallest absolute Gasteiger partial charge is 0.317 e. The fourth-order valence-corrected chi connectivity index (χ4v) is 3.15. The van der Waals surface area contributed by atoms with Crippen LogP contribution in [0.5, 0.6) is 0 Å². The number of carboxylic acid groups (broad SMARTS) is 1. The van der Waals surface area contributed by atoms with Crippen molar-refractivity contribution in [2.45, 2.75) is 59.4 Å². The van der Waals surface area contributed by atoms with Crippen molar-refractivity contribution in [3.05, 3.63) is 0 Å². The summed E-state index contributed by atoms with van der Waals surface area (Å²) in [6.45, 7) is 8.72. The van der Waals surface area contributed by atoms with Crippen LogP contribution in [0.3, 0.4) is 0 Å². The first-order chi connectivity index (χ1) is 9.86. The summed E-state index contributed by atoms with van der Waals surface area (Å²) in [5, 5.41) is 12.1. The van der Waals surface area contributed by atoms with Crippen molar-refractivity contribution in [1.29, 1.82) is 0 Å². The third-order valence-corrected chi connectivity index (χ3v) is 4.57. The molecule has 0 bridgehead atoms. The minimum Gasteiger partial charge on any atom is -0.481 e. The molecule has 0 saturated heterocycles. The highest BCUT2D eigenvalue weighted by atomic mass is 16.4. The summed E-state index contributed by atoms with van der Waals surface area (Å²) in [6.07, 6.45) is 4.59. The molecule has 122 valence electrons. The standard InChI is InChI=1S/C16H30N2O3/c1-5-18(10-12(4)15(19)20)16(21)17-14-9-7-6-8-13(14)11(2)3/h11-14H,5-10H2,1-4H3,(H,17,21)(H,19,20). The molecular weight excluding hydrogens is 268 g/mol. The lowest BCUT2D eigenvalue weighted by Gasteiger charge is -2.36. The van der Waals surface area contributed by atoms with Crippen LogP contribution in [0, 0.1) is 17.8 Å². The van der Waals surface area contributed by atoms with Crippen molar-refractivity contribution in [1.82, 2.24) is 10.2 Å². The number of carbonyl (C=O) groups is 2. The Morgan fingerprint density at radius 2 is 1.86 bits per heavy atom. The zero-order chi connectivity index (χ0) is 16.0. The first-order valence-electron chi connectivity index (χ1n) is 8.15. The molecule has 1 aliphatic carbocycles. The third-order valence-electron chi connectivity index (χ3n) is 4.57. The summed E-state index contributed by atoms with van der Waals surface area (Å²) in [7, 11) is 0. The third kappa shape index (κ3) is 5.21. The molecular formula is C16H30N2O3. The Hall–Kier alpha value is -1.26. The minimum atomic E-state index is -0.862. The average molecular weight is 298 g/mol. The van der Waals surface area contributed by atoms with Gasteiger partial charge in [0, 0.05) is 19.1 Å². The predicted molar refractivity (Wildman–Crippen MR) is 83.2 cm³/mol. The van der Waals surface area contributed by atoms with Gasteiger partial charge in [-0.05, 0) is 31.6 Å². The molecule has 3 atom stereocenters. The largest absolute Gasteiger partial charge is 0.481 e. The summed E-state index contributed by atoms with van der Waals surface area (Å²) in [5.41, 5.74) is 0. The molecule has 0 aromatic heterocycles. The van der Waals surface area contributed by atoms with E-state index in [4.69, 9.17) is 5.11 Å². The van der Waals surface area contributed by atoms with E-state index in [2.05, 4.69) is 19.2 Å². The van der Waals surface area contributed by atoms with Gasteiger partial charge in [0.2, 0.25) is 0 Å². The number of carbonyl (C=O) groups excluding carboxylic acids is 1. The van der Waals surface area contributed by atoms with Gasteiger partial charge in [0.05, 0.1) is 5.92 Å². The number of nitrogens with one attached hydrogen (secondary N) is 1. The Balaban J connectivity index is 2.61. The molecule has 21 heavy (non-hydrogen) atoms. The number of aliphatic carboxylic acids is 1. The van der Waals surface area contributed by atoms with Crippen LogP contribution < -0.4 is 5.32 Å². The van der Waals surface area contributed by atoms with Crippen molar-refractivity contribution < 1.29 is 14.7 Å². The number of hydrogen-bond acceptors (Lipinski definition) is 2. The second-order valence-corrected chi connectivity index (χ2v) is 6.53. The van der Waals surface area contributed by atoms with Gasteiger partial charge in [0.1, 0.15) is 0 Å². The zero-order valence-corrected chi connectivity index (χ0v) is 13.8. The van der Waals surface area contributed by atoms with Crippen molar-refractivity contribution >= 4 is 12.0 Å². The van der Waals surface area contributed by atoms with Crippen LogP contribution in [-0.2, 0) is 4.79 Å². The molecule has 3 unspecified atom stereocenters. The van der Waals surface area contributed by atoms with Gasteiger partial charge in [0.15, 0.2) is 0 Å². The van der Waals surface area contributed by atoms with Gasteiger partial charge in [0.25, 0.3) is 0 Å². The maximum absolute atomic E-state index is 12.4. The molecule has 1 rings (SSSR count). The number of hydrogen-bond donors (Lipinski definition) is 2. The Morgan fingerprint density at radius 1 is 1.24 bits per heavy atom. The average Bonchev–Trinajstić information content (AvgIpc) is 2.44. The highest BCUT2D eigenvalue weighted by Gasteiger charge is 2.30. The molecule has 0 aromatic carbocycles. The zero-order valence-electron chi connectivity index (χ0n) is 13.8. The topological polar surface area (TPSA) is 69.6 Å². The van der Waals surface area contributed by atoms with E-state index in [-0.39, 0.29) is 18.6 Å². The van der Waals surface area contributed by atoms with E-state index in [1.54, 1.807) is 11.8 Å². The second kappa shape index (κ2) is 8.25. The molecule has 0 spiro atoms. The summed E-state index contributed by atoms with van der Waals surface area (Å²) in [6, 6.07) is 0.101. The lowest BCUT2D eigenvalue weighted by atomic mass is 9.78. The highest BCUT2D eigenvalue weighted by molar-refractivity contribution is 5.76. The van der Waals surface area contributed by atoms with E-state index < -0.39 is 11.9 Å². The minimum absolute atomic E-state index is 0.122. The van der Waals surface area contributed by atoms with E-state index >= 15 is 0 Å². The molecule has 0 radical (unpaired) electrons. The number of carboxylic acids is 1. The van der Waals surface area contributed by atoms with Crippen molar-refractivity contribution in [2.75, 3.05) is 13.1 Å². The van der Waals surface area contributed by atoms with E-state index in [0.717, 1.165) is 12.8 Å². The van der Waals surface area contributed by atoms with Gasteiger partial charge in [-0.25, -0.2) is 4.79 Å². The van der Waals surface area contributed by atoms with E-state index in [1.807, 2.05) is 6.92 Å². The summed E-state index contributed by atoms with van der Waals surface area (Å²) >= 11 is 0. The molecule has 2 amide bonds. The van der Waals surface area contributed by atoms with Gasteiger partial charge in [-0.15, -0.1) is 0 Å². The monoisotopic (exact) mass is 298 g/mol. The molecule has 1 aliphatic rings.